The molecule has 222 valence electrons. The van der Waals surface area contributed by atoms with E-state index in [9.17, 15) is 0 Å². The van der Waals surface area contributed by atoms with E-state index in [0.717, 1.165) is 34.1 Å². The molecule has 0 radical (unpaired) electrons. The summed E-state index contributed by atoms with van der Waals surface area (Å²) in [5, 5.41) is 9.73. The van der Waals surface area contributed by atoms with E-state index in [4.69, 9.17) is 9.47 Å². The number of hydrogen-bond acceptors (Lipinski definition) is 2. The van der Waals surface area contributed by atoms with Crippen molar-refractivity contribution in [1.29, 1.82) is 0 Å². The second-order valence-electron chi connectivity index (χ2n) is 12.8. The summed E-state index contributed by atoms with van der Waals surface area (Å²) >= 11 is 0. The van der Waals surface area contributed by atoms with Crippen LogP contribution in [0.2, 0.25) is 0 Å². The molecule has 2 heteroatoms. The lowest BCUT2D eigenvalue weighted by molar-refractivity contribution is 0.487. The molecule has 0 saturated carbocycles. The van der Waals surface area contributed by atoms with Crippen LogP contribution in [-0.4, -0.2) is 0 Å². The Morgan fingerprint density at radius 3 is 1.23 bits per heavy atom. The van der Waals surface area contributed by atoms with Crippen molar-refractivity contribution in [2.75, 3.05) is 0 Å². The standard InChI is InChI=1S/C46H26O2/c1-3-13-41-35(7-1)39-11-5-9-37-33(21-23-43(47-41)45(37)39)29-17-19-31-27(25-29)15-16-28-26-30(18-20-32(28)31)34-22-24-44-46-38(34)10-6-12-40(46)36-8-2-4-14-42(36)48-44/h1-26H. The fraction of sp³-hybridized carbons (Fsp3) is 0. The van der Waals surface area contributed by atoms with Crippen molar-refractivity contribution in [1.82, 2.24) is 0 Å². The average molecular weight is 611 g/mol. The molecule has 2 heterocycles. The van der Waals surface area contributed by atoms with Gasteiger partial charge in [0.1, 0.15) is 23.0 Å². The normalized spacial score (nSPS) is 12.5. The van der Waals surface area contributed by atoms with Gasteiger partial charge in [0.25, 0.3) is 0 Å². The topological polar surface area (TPSA) is 18.5 Å². The molecule has 0 bridgehead atoms. The van der Waals surface area contributed by atoms with Gasteiger partial charge in [-0.2, -0.15) is 0 Å². The van der Waals surface area contributed by atoms with Gasteiger partial charge in [0.2, 0.25) is 0 Å². The molecular weight excluding hydrogens is 585 g/mol. The predicted molar refractivity (Wildman–Crippen MR) is 198 cm³/mol. The number of benzene rings is 9. The first-order chi connectivity index (χ1) is 23.8. The Bertz CT molecular complexity index is 2650. The van der Waals surface area contributed by atoms with Crippen LogP contribution in [0.15, 0.2) is 158 Å². The van der Waals surface area contributed by atoms with Gasteiger partial charge >= 0.3 is 0 Å². The Labute approximate surface area is 277 Å². The minimum absolute atomic E-state index is 0.912. The van der Waals surface area contributed by atoms with Gasteiger partial charge in [-0.05, 0) is 102 Å². The SMILES string of the molecule is c1ccc2c(c1)Oc1ccc(-c3ccc4c(ccc5cc(-c6ccc7c8c(cccc68)-c6ccccc6O7)ccc54)c3)c3cccc-2c13. The van der Waals surface area contributed by atoms with E-state index in [0.29, 0.717) is 0 Å². The van der Waals surface area contributed by atoms with E-state index >= 15 is 0 Å². The molecule has 0 amide bonds. The third kappa shape index (κ3) is 3.57. The maximum Gasteiger partial charge on any atom is 0.135 e. The van der Waals surface area contributed by atoms with Crippen LogP contribution in [0, 0.1) is 0 Å². The maximum atomic E-state index is 6.35. The highest BCUT2D eigenvalue weighted by Gasteiger charge is 2.23. The molecular formula is C46H26O2. The lowest BCUT2D eigenvalue weighted by atomic mass is 9.89. The summed E-state index contributed by atoms with van der Waals surface area (Å²) in [6.07, 6.45) is 0. The number of fused-ring (bicyclic) bond motifs is 7. The second-order valence-corrected chi connectivity index (χ2v) is 12.8. The zero-order valence-electron chi connectivity index (χ0n) is 25.8. The molecule has 0 aromatic heterocycles. The van der Waals surface area contributed by atoms with Gasteiger partial charge in [-0.3, -0.25) is 0 Å². The lowest BCUT2D eigenvalue weighted by Gasteiger charge is -2.22. The molecule has 0 atom stereocenters. The number of ether oxygens (including phenoxy) is 2. The van der Waals surface area contributed by atoms with Crippen LogP contribution in [-0.2, 0) is 0 Å². The fourth-order valence-electron chi connectivity index (χ4n) is 8.07. The van der Waals surface area contributed by atoms with Crippen molar-refractivity contribution in [2.24, 2.45) is 0 Å². The zero-order valence-corrected chi connectivity index (χ0v) is 25.8. The Kier molecular flexibility index (Phi) is 5.14. The second kappa shape index (κ2) is 9.57. The molecule has 11 rings (SSSR count). The first-order valence-corrected chi connectivity index (χ1v) is 16.4. The van der Waals surface area contributed by atoms with Gasteiger partial charge in [0, 0.05) is 21.9 Å². The summed E-state index contributed by atoms with van der Waals surface area (Å²) in [6.45, 7) is 0. The van der Waals surface area contributed by atoms with Crippen molar-refractivity contribution in [2.45, 2.75) is 0 Å². The largest absolute Gasteiger partial charge is 0.456 e. The van der Waals surface area contributed by atoms with Crippen molar-refractivity contribution in [3.63, 3.8) is 0 Å². The van der Waals surface area contributed by atoms with E-state index in [1.165, 1.54) is 76.5 Å². The van der Waals surface area contributed by atoms with Crippen LogP contribution in [0.5, 0.6) is 23.0 Å². The van der Waals surface area contributed by atoms with E-state index in [-0.39, 0.29) is 0 Å². The summed E-state index contributed by atoms with van der Waals surface area (Å²) in [4.78, 5) is 0. The van der Waals surface area contributed by atoms with Crippen LogP contribution < -0.4 is 9.47 Å². The van der Waals surface area contributed by atoms with Crippen LogP contribution in [0.1, 0.15) is 0 Å². The van der Waals surface area contributed by atoms with E-state index in [1.54, 1.807) is 0 Å². The zero-order chi connectivity index (χ0) is 31.3. The van der Waals surface area contributed by atoms with Crippen molar-refractivity contribution >= 4 is 43.1 Å². The molecule has 2 aliphatic rings. The number of para-hydroxylation sites is 2. The fourth-order valence-corrected chi connectivity index (χ4v) is 8.07. The smallest absolute Gasteiger partial charge is 0.135 e. The quantitative estimate of drug-likeness (QED) is 0.181. The molecule has 0 fully saturated rings. The minimum atomic E-state index is 0.912. The van der Waals surface area contributed by atoms with Gasteiger partial charge < -0.3 is 9.47 Å². The minimum Gasteiger partial charge on any atom is -0.456 e. The Balaban J connectivity index is 1.03. The van der Waals surface area contributed by atoms with Crippen LogP contribution in [0.4, 0.5) is 0 Å². The molecule has 0 spiro atoms. The first kappa shape index (κ1) is 25.8. The Hall–Kier alpha value is -6.38. The van der Waals surface area contributed by atoms with Crippen LogP contribution >= 0.6 is 0 Å². The van der Waals surface area contributed by atoms with Crippen LogP contribution in [0.25, 0.3) is 87.6 Å². The van der Waals surface area contributed by atoms with Gasteiger partial charge in [0.05, 0.1) is 0 Å². The Morgan fingerprint density at radius 2 is 0.729 bits per heavy atom. The first-order valence-electron chi connectivity index (χ1n) is 16.4. The molecule has 0 N–H and O–H groups in total. The highest BCUT2D eigenvalue weighted by atomic mass is 16.5. The van der Waals surface area contributed by atoms with Crippen molar-refractivity contribution in [3.8, 4) is 67.5 Å². The third-order valence-electron chi connectivity index (χ3n) is 10.3. The molecule has 48 heavy (non-hydrogen) atoms. The molecule has 9 aromatic carbocycles. The van der Waals surface area contributed by atoms with Crippen LogP contribution in [0.3, 0.4) is 0 Å². The monoisotopic (exact) mass is 610 g/mol. The average Bonchev–Trinajstić information content (AvgIpc) is 3.15. The molecule has 2 nitrogen and oxygen atoms in total. The summed E-state index contributed by atoms with van der Waals surface area (Å²) in [7, 11) is 0. The molecule has 9 aromatic rings. The highest BCUT2D eigenvalue weighted by molar-refractivity contribution is 6.14. The summed E-state index contributed by atoms with van der Waals surface area (Å²) in [5.41, 5.74) is 9.56. The summed E-state index contributed by atoms with van der Waals surface area (Å²) in [6, 6.07) is 56.7. The number of hydrogen-bond donors (Lipinski definition) is 0. The summed E-state index contributed by atoms with van der Waals surface area (Å²) in [5.74, 6) is 3.65. The molecule has 0 saturated heterocycles. The van der Waals surface area contributed by atoms with E-state index in [1.807, 2.05) is 24.3 Å². The van der Waals surface area contributed by atoms with Crippen molar-refractivity contribution < 1.29 is 9.47 Å². The summed E-state index contributed by atoms with van der Waals surface area (Å²) < 4.78 is 12.7. The molecule has 2 aliphatic heterocycles. The van der Waals surface area contributed by atoms with E-state index < -0.39 is 0 Å². The van der Waals surface area contributed by atoms with Gasteiger partial charge in [-0.15, -0.1) is 0 Å². The molecule has 0 unspecified atom stereocenters. The van der Waals surface area contributed by atoms with Crippen molar-refractivity contribution in [3.05, 3.63) is 158 Å². The Morgan fingerprint density at radius 1 is 0.271 bits per heavy atom. The molecule has 0 aliphatic carbocycles. The van der Waals surface area contributed by atoms with Gasteiger partial charge in [0.15, 0.2) is 0 Å². The lowest BCUT2D eigenvalue weighted by Crippen LogP contribution is -1.97. The van der Waals surface area contributed by atoms with Gasteiger partial charge in [-0.25, -0.2) is 0 Å². The van der Waals surface area contributed by atoms with E-state index in [2.05, 4.69) is 133 Å². The third-order valence-corrected chi connectivity index (χ3v) is 10.3. The van der Waals surface area contributed by atoms with Gasteiger partial charge in [-0.1, -0.05) is 121 Å². The maximum absolute atomic E-state index is 6.35. The predicted octanol–water partition coefficient (Wildman–Crippen LogP) is 13.2. The number of rotatable bonds is 2. The highest BCUT2D eigenvalue weighted by Crippen LogP contribution is 2.50.